The Kier molecular flexibility index (Phi) is 9.81. The highest BCUT2D eigenvalue weighted by Crippen LogP contribution is 2.37. The summed E-state index contributed by atoms with van der Waals surface area (Å²) in [5.41, 5.74) is 2.90. The van der Waals surface area contributed by atoms with Crippen molar-refractivity contribution in [3.63, 3.8) is 0 Å². The number of benzene rings is 3. The van der Waals surface area contributed by atoms with Crippen LogP contribution in [0.15, 0.2) is 66.7 Å². The smallest absolute Gasteiger partial charge is 0.238 e. The van der Waals surface area contributed by atoms with E-state index in [9.17, 15) is 9.90 Å². The lowest BCUT2D eigenvalue weighted by molar-refractivity contribution is -0.117. The van der Waals surface area contributed by atoms with Gasteiger partial charge in [0.2, 0.25) is 5.91 Å². The monoisotopic (exact) mass is 563 g/mol. The highest BCUT2D eigenvalue weighted by molar-refractivity contribution is 6.31. The first-order chi connectivity index (χ1) is 19.5. The van der Waals surface area contributed by atoms with Crippen molar-refractivity contribution in [2.45, 2.75) is 51.2 Å². The van der Waals surface area contributed by atoms with Crippen LogP contribution in [-0.2, 0) is 11.3 Å². The number of hydrogen-bond acceptors (Lipinski definition) is 6. The number of anilines is 2. The van der Waals surface area contributed by atoms with Gasteiger partial charge in [-0.2, -0.15) is 0 Å². The Labute approximate surface area is 241 Å². The molecule has 40 heavy (non-hydrogen) atoms. The molecule has 2 heterocycles. The molecule has 0 aliphatic carbocycles. The molecule has 2 N–H and O–H groups in total. The summed E-state index contributed by atoms with van der Waals surface area (Å²) in [6, 6.07) is 21.2. The van der Waals surface area contributed by atoms with Crippen LogP contribution in [0.3, 0.4) is 0 Å². The summed E-state index contributed by atoms with van der Waals surface area (Å²) in [6.07, 6.45) is 5.39. The Morgan fingerprint density at radius 2 is 1.62 bits per heavy atom. The average Bonchev–Trinajstić information content (AvgIpc) is 2.95. The molecule has 8 heteroatoms. The second-order valence-electron chi connectivity index (χ2n) is 10.6. The molecule has 2 aliphatic heterocycles. The maximum absolute atomic E-state index is 13.4. The Morgan fingerprint density at radius 1 is 0.875 bits per heavy atom. The summed E-state index contributed by atoms with van der Waals surface area (Å²) in [4.78, 5) is 18.0. The number of piperidine rings is 1. The van der Waals surface area contributed by atoms with Gasteiger partial charge in [0.25, 0.3) is 0 Å². The summed E-state index contributed by atoms with van der Waals surface area (Å²) in [5.74, 6) is 1.65. The van der Waals surface area contributed by atoms with Crippen LogP contribution in [0.2, 0.25) is 5.02 Å². The predicted molar refractivity (Wildman–Crippen MR) is 160 cm³/mol. The first kappa shape index (κ1) is 28.3. The van der Waals surface area contributed by atoms with E-state index in [-0.39, 0.29) is 18.6 Å². The van der Waals surface area contributed by atoms with E-state index < -0.39 is 0 Å². The minimum atomic E-state index is -0.219. The van der Waals surface area contributed by atoms with Crippen LogP contribution in [0.1, 0.15) is 44.1 Å². The van der Waals surface area contributed by atoms with Crippen LogP contribution in [0, 0.1) is 0 Å². The maximum Gasteiger partial charge on any atom is 0.238 e. The minimum Gasteiger partial charge on any atom is -0.490 e. The van der Waals surface area contributed by atoms with Crippen molar-refractivity contribution in [3.8, 4) is 17.2 Å². The number of nitrogens with zero attached hydrogens (tertiary/aromatic N) is 2. The number of carbonyl (C=O) groups excluding carboxylic acids is 1. The molecule has 0 unspecified atom stereocenters. The summed E-state index contributed by atoms with van der Waals surface area (Å²) in [6.45, 7) is 4.01. The summed E-state index contributed by atoms with van der Waals surface area (Å²) in [7, 11) is 0. The molecule has 3 aromatic carbocycles. The van der Waals surface area contributed by atoms with Crippen molar-refractivity contribution in [1.29, 1.82) is 0 Å². The van der Waals surface area contributed by atoms with Gasteiger partial charge in [0.15, 0.2) is 17.2 Å². The Balaban J connectivity index is 1.36. The lowest BCUT2D eigenvalue weighted by Crippen LogP contribution is -2.37. The molecule has 0 saturated carbocycles. The Morgan fingerprint density at radius 3 is 2.48 bits per heavy atom. The van der Waals surface area contributed by atoms with E-state index in [0.717, 1.165) is 58.2 Å². The van der Waals surface area contributed by atoms with Gasteiger partial charge >= 0.3 is 0 Å². The van der Waals surface area contributed by atoms with Gasteiger partial charge in [-0.05, 0) is 74.2 Å². The second-order valence-corrected chi connectivity index (χ2v) is 11.0. The normalized spacial score (nSPS) is 18.1. The van der Waals surface area contributed by atoms with Crippen molar-refractivity contribution in [2.24, 2.45) is 0 Å². The number of ether oxygens (including phenoxy) is 2. The van der Waals surface area contributed by atoms with Gasteiger partial charge in [-0.25, -0.2) is 0 Å². The van der Waals surface area contributed by atoms with Crippen LogP contribution < -0.4 is 19.7 Å². The molecule has 0 bridgehead atoms. The number of carbonyl (C=O) groups is 1. The van der Waals surface area contributed by atoms with Crippen LogP contribution in [0.25, 0.3) is 0 Å². The maximum atomic E-state index is 13.4. The zero-order chi connectivity index (χ0) is 27.7. The number of amides is 1. The number of nitrogens with one attached hydrogen (secondary N) is 1. The molecule has 0 spiro atoms. The number of para-hydroxylation sites is 3. The van der Waals surface area contributed by atoms with Gasteiger partial charge in [0, 0.05) is 30.3 Å². The fourth-order valence-corrected chi connectivity index (χ4v) is 5.51. The second kappa shape index (κ2) is 13.9. The molecule has 3 aromatic rings. The third-order valence-corrected chi connectivity index (χ3v) is 7.70. The Hall–Kier alpha value is -3.26. The van der Waals surface area contributed by atoms with Gasteiger partial charge in [0.05, 0.1) is 24.9 Å². The minimum absolute atomic E-state index is 0.123. The molecule has 5 rings (SSSR count). The molecule has 0 atom stereocenters. The summed E-state index contributed by atoms with van der Waals surface area (Å²) in [5, 5.41) is 13.5. The van der Waals surface area contributed by atoms with E-state index in [1.54, 1.807) is 18.2 Å². The standard InChI is InChI=1S/C32H38ClN3O4/c33-25-13-14-29-27(21-25)34-32(38)23-35(17-7-1-2-8-20-39-30-11-5-6-12-31(30)40-29)22-24-9-3-4-10-28(24)36-18-15-26(37)16-19-36/h3-6,9-14,21,26,37H,1-2,7-8,15-20,22-23H2,(H,34,38). The molecule has 0 aromatic heterocycles. The molecule has 7 nitrogen and oxygen atoms in total. The lowest BCUT2D eigenvalue weighted by atomic mass is 10.0. The van der Waals surface area contributed by atoms with E-state index in [4.69, 9.17) is 21.1 Å². The van der Waals surface area contributed by atoms with Crippen LogP contribution in [0.5, 0.6) is 17.2 Å². The van der Waals surface area contributed by atoms with Crippen LogP contribution in [0.4, 0.5) is 11.4 Å². The largest absolute Gasteiger partial charge is 0.490 e. The molecule has 1 saturated heterocycles. The molecule has 0 radical (unpaired) electrons. The molecule has 1 amide bonds. The first-order valence-electron chi connectivity index (χ1n) is 14.3. The van der Waals surface area contributed by atoms with Gasteiger partial charge in [-0.15, -0.1) is 0 Å². The highest BCUT2D eigenvalue weighted by atomic mass is 35.5. The number of aliphatic hydroxyl groups excluding tert-OH is 1. The summed E-state index contributed by atoms with van der Waals surface area (Å²) >= 11 is 6.31. The van der Waals surface area contributed by atoms with Crippen molar-refractivity contribution < 1.29 is 19.4 Å². The number of hydrogen-bond donors (Lipinski definition) is 2. The van der Waals surface area contributed by atoms with Crippen LogP contribution in [-0.4, -0.2) is 54.8 Å². The van der Waals surface area contributed by atoms with Gasteiger partial charge in [0.1, 0.15) is 0 Å². The fraction of sp³-hybridized carbons (Fsp3) is 0.406. The number of halogens is 1. The van der Waals surface area contributed by atoms with Gasteiger partial charge in [-0.3, -0.25) is 9.69 Å². The SMILES string of the molecule is O=C1CN(Cc2ccccc2N2CCC(O)CC2)CCCCCCOc2ccccc2Oc2ccc(Cl)cc2N1. The number of fused-ring (bicyclic) bond motifs is 2. The topological polar surface area (TPSA) is 74.3 Å². The lowest BCUT2D eigenvalue weighted by Gasteiger charge is -2.34. The van der Waals surface area contributed by atoms with E-state index in [0.29, 0.717) is 41.1 Å². The van der Waals surface area contributed by atoms with Crippen molar-refractivity contribution in [1.82, 2.24) is 4.90 Å². The quantitative estimate of drug-likeness (QED) is 0.379. The zero-order valence-electron chi connectivity index (χ0n) is 22.9. The highest BCUT2D eigenvalue weighted by Gasteiger charge is 2.21. The predicted octanol–water partition coefficient (Wildman–Crippen LogP) is 6.49. The van der Waals surface area contributed by atoms with E-state index in [1.807, 2.05) is 24.3 Å². The third-order valence-electron chi connectivity index (χ3n) is 7.47. The van der Waals surface area contributed by atoms with Crippen molar-refractivity contribution in [3.05, 3.63) is 77.3 Å². The zero-order valence-corrected chi connectivity index (χ0v) is 23.6. The molecule has 212 valence electrons. The van der Waals surface area contributed by atoms with E-state index in [2.05, 4.69) is 39.4 Å². The molecular weight excluding hydrogens is 526 g/mol. The summed E-state index contributed by atoms with van der Waals surface area (Å²) < 4.78 is 12.3. The van der Waals surface area contributed by atoms with Gasteiger partial charge < -0.3 is 24.8 Å². The number of rotatable bonds is 3. The average molecular weight is 564 g/mol. The fourth-order valence-electron chi connectivity index (χ4n) is 5.34. The third kappa shape index (κ3) is 7.68. The first-order valence-corrected chi connectivity index (χ1v) is 14.7. The van der Waals surface area contributed by atoms with Crippen molar-refractivity contribution >= 4 is 28.9 Å². The van der Waals surface area contributed by atoms with E-state index in [1.165, 1.54) is 11.3 Å². The van der Waals surface area contributed by atoms with E-state index >= 15 is 0 Å². The van der Waals surface area contributed by atoms with Crippen molar-refractivity contribution in [2.75, 3.05) is 43.0 Å². The molecular formula is C32H38ClN3O4. The van der Waals surface area contributed by atoms with Crippen LogP contribution >= 0.6 is 11.6 Å². The van der Waals surface area contributed by atoms with Gasteiger partial charge in [-0.1, -0.05) is 54.8 Å². The molecule has 1 fully saturated rings. The molecule has 2 aliphatic rings. The Bertz CT molecular complexity index is 1280. The number of aliphatic hydroxyl groups is 1.